The monoisotopic (exact) mass is 408 g/mol. The normalized spacial score (nSPS) is 10.9. The van der Waals surface area contributed by atoms with Crippen molar-refractivity contribution in [1.29, 1.82) is 0 Å². The van der Waals surface area contributed by atoms with Gasteiger partial charge in [-0.3, -0.25) is 4.57 Å². The molecule has 2 heterocycles. The van der Waals surface area contributed by atoms with Crippen LogP contribution in [0.3, 0.4) is 0 Å². The lowest BCUT2D eigenvalue weighted by Gasteiger charge is -2.12. The Hall–Kier alpha value is -2.64. The summed E-state index contributed by atoms with van der Waals surface area (Å²) in [6.07, 6.45) is 0. The average molecular weight is 409 g/mol. The molecule has 0 radical (unpaired) electrons. The molecule has 4 rings (SSSR count). The Bertz CT molecular complexity index is 1060. The Labute approximate surface area is 172 Å². The molecule has 142 valence electrons. The number of hydrogen-bond acceptors (Lipinski definition) is 6. The van der Waals surface area contributed by atoms with Gasteiger partial charge < -0.3 is 4.74 Å². The third-order valence-corrected chi connectivity index (χ3v) is 5.97. The smallest absolute Gasteiger partial charge is 0.196 e. The van der Waals surface area contributed by atoms with Crippen molar-refractivity contribution < 1.29 is 4.74 Å². The van der Waals surface area contributed by atoms with Crippen LogP contribution in [0.15, 0.2) is 65.1 Å². The molecule has 0 saturated carbocycles. The lowest BCUT2D eigenvalue weighted by molar-refractivity contribution is 0.291. The lowest BCUT2D eigenvalue weighted by atomic mass is 10.2. The van der Waals surface area contributed by atoms with Gasteiger partial charge in [0.05, 0.1) is 10.7 Å². The van der Waals surface area contributed by atoms with E-state index in [2.05, 4.69) is 37.3 Å². The summed E-state index contributed by atoms with van der Waals surface area (Å²) in [7, 11) is 0. The number of aryl methyl sites for hydroxylation is 2. The summed E-state index contributed by atoms with van der Waals surface area (Å²) in [5.74, 6) is 2.39. The minimum absolute atomic E-state index is 0.350. The number of para-hydroxylation sites is 2. The van der Waals surface area contributed by atoms with E-state index in [0.717, 1.165) is 44.4 Å². The largest absolute Gasteiger partial charge is 0.485 e. The molecule has 0 N–H and O–H groups in total. The van der Waals surface area contributed by atoms with Crippen LogP contribution in [0.4, 0.5) is 0 Å². The van der Waals surface area contributed by atoms with Crippen molar-refractivity contribution in [2.75, 3.05) is 0 Å². The summed E-state index contributed by atoms with van der Waals surface area (Å²) in [5.41, 5.74) is 3.18. The van der Waals surface area contributed by atoms with E-state index in [4.69, 9.17) is 4.74 Å². The zero-order chi connectivity index (χ0) is 19.3. The van der Waals surface area contributed by atoms with Crippen LogP contribution in [-0.2, 0) is 12.4 Å². The molecule has 0 atom stereocenters. The molecule has 0 fully saturated rings. The highest BCUT2D eigenvalue weighted by molar-refractivity contribution is 7.98. The van der Waals surface area contributed by atoms with E-state index in [-0.39, 0.29) is 0 Å². The maximum absolute atomic E-state index is 6.02. The SMILES string of the molecule is Cc1nc(CSc2nnc(COc3ccccc3C)n2-c2ccccc2)cs1. The average Bonchev–Trinajstić information content (AvgIpc) is 3.32. The van der Waals surface area contributed by atoms with Crippen LogP contribution < -0.4 is 4.74 Å². The molecule has 0 saturated heterocycles. The fourth-order valence-electron chi connectivity index (χ4n) is 2.80. The Balaban J connectivity index is 1.59. The molecule has 0 bridgehead atoms. The van der Waals surface area contributed by atoms with Gasteiger partial charge in [-0.25, -0.2) is 4.98 Å². The predicted molar refractivity (Wildman–Crippen MR) is 113 cm³/mol. The van der Waals surface area contributed by atoms with Crippen molar-refractivity contribution in [3.63, 3.8) is 0 Å². The van der Waals surface area contributed by atoms with Crippen molar-refractivity contribution in [2.45, 2.75) is 31.4 Å². The van der Waals surface area contributed by atoms with Crippen LogP contribution in [0, 0.1) is 13.8 Å². The van der Waals surface area contributed by atoms with Gasteiger partial charge in [-0.2, -0.15) is 0 Å². The Morgan fingerprint density at radius 2 is 1.79 bits per heavy atom. The van der Waals surface area contributed by atoms with E-state index in [0.29, 0.717) is 6.61 Å². The van der Waals surface area contributed by atoms with Gasteiger partial charge >= 0.3 is 0 Å². The molecule has 0 unspecified atom stereocenters. The molecule has 0 aliphatic rings. The molecule has 0 aliphatic heterocycles. The van der Waals surface area contributed by atoms with Crippen molar-refractivity contribution >= 4 is 23.1 Å². The fraction of sp³-hybridized carbons (Fsp3) is 0.190. The molecule has 0 spiro atoms. The second-order valence-electron chi connectivity index (χ2n) is 6.27. The number of aromatic nitrogens is 4. The Morgan fingerprint density at radius 3 is 2.54 bits per heavy atom. The van der Waals surface area contributed by atoms with Crippen molar-refractivity contribution in [2.24, 2.45) is 0 Å². The molecule has 7 heteroatoms. The molecule has 0 amide bonds. The topological polar surface area (TPSA) is 52.8 Å². The van der Waals surface area contributed by atoms with E-state index in [9.17, 15) is 0 Å². The Morgan fingerprint density at radius 1 is 1.00 bits per heavy atom. The summed E-state index contributed by atoms with van der Waals surface area (Å²) >= 11 is 3.30. The predicted octanol–water partition coefficient (Wildman–Crippen LogP) is 5.21. The number of benzene rings is 2. The van der Waals surface area contributed by atoms with Gasteiger partial charge in [0.15, 0.2) is 11.0 Å². The minimum atomic E-state index is 0.350. The highest BCUT2D eigenvalue weighted by atomic mass is 32.2. The first-order valence-electron chi connectivity index (χ1n) is 8.92. The number of thiazole rings is 1. The van der Waals surface area contributed by atoms with Gasteiger partial charge in [0.25, 0.3) is 0 Å². The van der Waals surface area contributed by atoms with Crippen LogP contribution in [-0.4, -0.2) is 19.7 Å². The maximum Gasteiger partial charge on any atom is 0.196 e. The van der Waals surface area contributed by atoms with Gasteiger partial charge in [-0.15, -0.1) is 21.5 Å². The highest BCUT2D eigenvalue weighted by Crippen LogP contribution is 2.26. The molecular weight excluding hydrogens is 388 g/mol. The summed E-state index contributed by atoms with van der Waals surface area (Å²) in [6, 6.07) is 18.1. The first-order valence-corrected chi connectivity index (χ1v) is 10.8. The summed E-state index contributed by atoms with van der Waals surface area (Å²) < 4.78 is 8.08. The second kappa shape index (κ2) is 8.58. The number of thioether (sulfide) groups is 1. The quantitative estimate of drug-likeness (QED) is 0.393. The summed E-state index contributed by atoms with van der Waals surface area (Å²) in [4.78, 5) is 4.54. The number of rotatable bonds is 7. The van der Waals surface area contributed by atoms with Crippen LogP contribution in [0.2, 0.25) is 0 Å². The number of hydrogen-bond donors (Lipinski definition) is 0. The van der Waals surface area contributed by atoms with E-state index in [1.54, 1.807) is 23.1 Å². The first kappa shape index (κ1) is 18.7. The molecule has 5 nitrogen and oxygen atoms in total. The lowest BCUT2D eigenvalue weighted by Crippen LogP contribution is -2.07. The van der Waals surface area contributed by atoms with E-state index >= 15 is 0 Å². The minimum Gasteiger partial charge on any atom is -0.485 e. The highest BCUT2D eigenvalue weighted by Gasteiger charge is 2.16. The molecule has 2 aromatic carbocycles. The van der Waals surface area contributed by atoms with Gasteiger partial charge in [-0.05, 0) is 37.6 Å². The van der Waals surface area contributed by atoms with Gasteiger partial charge in [0, 0.05) is 16.8 Å². The Kier molecular flexibility index (Phi) is 5.73. The van der Waals surface area contributed by atoms with Crippen molar-refractivity contribution in [1.82, 2.24) is 19.7 Å². The second-order valence-corrected chi connectivity index (χ2v) is 8.28. The summed E-state index contributed by atoms with van der Waals surface area (Å²) in [6.45, 7) is 4.41. The molecular formula is C21H20N4OS2. The third kappa shape index (κ3) is 4.26. The van der Waals surface area contributed by atoms with Crippen molar-refractivity contribution in [3.8, 4) is 11.4 Å². The number of nitrogens with zero attached hydrogens (tertiary/aromatic N) is 4. The van der Waals surface area contributed by atoms with Gasteiger partial charge in [0.1, 0.15) is 12.4 Å². The first-order chi connectivity index (χ1) is 13.7. The van der Waals surface area contributed by atoms with Gasteiger partial charge in [-0.1, -0.05) is 48.2 Å². The van der Waals surface area contributed by atoms with Crippen molar-refractivity contribution in [3.05, 3.63) is 82.1 Å². The molecule has 2 aromatic heterocycles. The molecule has 28 heavy (non-hydrogen) atoms. The van der Waals surface area contributed by atoms with E-state index in [1.165, 1.54) is 0 Å². The zero-order valence-corrected chi connectivity index (χ0v) is 17.3. The number of ether oxygens (including phenoxy) is 1. The standard InChI is InChI=1S/C21H20N4OS2/c1-15-8-6-7-11-19(15)26-12-20-23-24-21(25(20)18-9-4-3-5-10-18)28-14-17-13-27-16(2)22-17/h3-11,13H,12,14H2,1-2H3. The molecule has 4 aromatic rings. The molecule has 0 aliphatic carbocycles. The van der Waals surface area contributed by atoms with Crippen LogP contribution in [0.25, 0.3) is 5.69 Å². The fourth-order valence-corrected chi connectivity index (χ4v) is 4.38. The summed E-state index contributed by atoms with van der Waals surface area (Å²) in [5, 5.41) is 12.8. The maximum atomic E-state index is 6.02. The third-order valence-electron chi connectivity index (χ3n) is 4.18. The van der Waals surface area contributed by atoms with Crippen LogP contribution in [0.5, 0.6) is 5.75 Å². The van der Waals surface area contributed by atoms with Gasteiger partial charge in [0.2, 0.25) is 0 Å². The van der Waals surface area contributed by atoms with Crippen LogP contribution in [0.1, 0.15) is 22.1 Å². The zero-order valence-electron chi connectivity index (χ0n) is 15.7. The van der Waals surface area contributed by atoms with Crippen LogP contribution >= 0.6 is 23.1 Å². The van der Waals surface area contributed by atoms with E-state index < -0.39 is 0 Å². The van der Waals surface area contributed by atoms with E-state index in [1.807, 2.05) is 56.3 Å².